The van der Waals surface area contributed by atoms with E-state index in [-0.39, 0.29) is 13.2 Å². The molecule has 0 amide bonds. The molecule has 0 aliphatic rings. The summed E-state index contributed by atoms with van der Waals surface area (Å²) in [6, 6.07) is 14.5. The minimum atomic E-state index is -0.690. The molecule has 0 fully saturated rings. The molecule has 1 aromatic carbocycles. The van der Waals surface area contributed by atoms with Gasteiger partial charge in [-0.15, -0.1) is 0 Å². The first-order valence-electron chi connectivity index (χ1n) is 6.35. The van der Waals surface area contributed by atoms with E-state index in [4.69, 9.17) is 10.00 Å². The molecule has 1 heterocycles. The molecule has 0 saturated carbocycles. The maximum Gasteiger partial charge on any atom is 0.142 e. The highest BCUT2D eigenvalue weighted by Gasteiger charge is 2.07. The molecule has 2 N–H and O–H groups in total. The van der Waals surface area contributed by atoms with E-state index in [0.29, 0.717) is 17.3 Å². The lowest BCUT2D eigenvalue weighted by Gasteiger charge is -2.14. The van der Waals surface area contributed by atoms with Crippen molar-refractivity contribution in [2.24, 2.45) is 0 Å². The van der Waals surface area contributed by atoms with Crippen molar-refractivity contribution in [1.29, 1.82) is 5.26 Å². The Balaban J connectivity index is 1.81. The average Bonchev–Trinajstić information content (AvgIpc) is 2.52. The highest BCUT2D eigenvalue weighted by atomic mass is 79.9. The highest BCUT2D eigenvalue weighted by Crippen LogP contribution is 2.23. The van der Waals surface area contributed by atoms with Crippen LogP contribution >= 0.6 is 15.9 Å². The van der Waals surface area contributed by atoms with Gasteiger partial charge in [0.1, 0.15) is 36.0 Å². The van der Waals surface area contributed by atoms with Crippen LogP contribution in [0.5, 0.6) is 5.75 Å². The Morgan fingerprint density at radius 2 is 2.10 bits per heavy atom. The number of rotatable bonds is 6. The van der Waals surface area contributed by atoms with E-state index in [1.54, 1.807) is 18.2 Å². The van der Waals surface area contributed by atoms with Gasteiger partial charge in [0, 0.05) is 6.54 Å². The van der Waals surface area contributed by atoms with Gasteiger partial charge in [0.05, 0.1) is 4.47 Å². The van der Waals surface area contributed by atoms with E-state index < -0.39 is 6.10 Å². The highest BCUT2D eigenvalue weighted by molar-refractivity contribution is 9.10. The second-order valence-corrected chi connectivity index (χ2v) is 5.15. The molecule has 2 rings (SSSR count). The number of benzene rings is 1. The van der Waals surface area contributed by atoms with Gasteiger partial charge in [-0.25, -0.2) is 4.98 Å². The van der Waals surface area contributed by atoms with Crippen molar-refractivity contribution < 1.29 is 9.84 Å². The number of hydrogen-bond acceptors (Lipinski definition) is 5. The number of anilines is 1. The van der Waals surface area contributed by atoms with Crippen LogP contribution in [0.15, 0.2) is 46.9 Å². The summed E-state index contributed by atoms with van der Waals surface area (Å²) in [5.41, 5.74) is 0.332. The summed E-state index contributed by atoms with van der Waals surface area (Å²) in [5, 5.41) is 21.6. The molecule has 1 atom stereocenters. The summed E-state index contributed by atoms with van der Waals surface area (Å²) in [6.07, 6.45) is -0.690. The fourth-order valence-corrected chi connectivity index (χ4v) is 2.02. The van der Waals surface area contributed by atoms with E-state index in [2.05, 4.69) is 26.2 Å². The average molecular weight is 348 g/mol. The lowest BCUT2D eigenvalue weighted by molar-refractivity contribution is 0.117. The van der Waals surface area contributed by atoms with Crippen molar-refractivity contribution in [3.05, 3.63) is 52.6 Å². The monoisotopic (exact) mass is 347 g/mol. The SMILES string of the molecule is N#Cc1cccc(NC[C@@H](O)COc2ccccc2Br)n1. The lowest BCUT2D eigenvalue weighted by atomic mass is 10.3. The van der Waals surface area contributed by atoms with Crippen molar-refractivity contribution in [2.75, 3.05) is 18.5 Å². The Hall–Kier alpha value is -2.10. The molecular weight excluding hydrogens is 334 g/mol. The quantitative estimate of drug-likeness (QED) is 0.839. The number of pyridine rings is 1. The number of aliphatic hydroxyl groups excluding tert-OH is 1. The van der Waals surface area contributed by atoms with Gasteiger partial charge in [0.25, 0.3) is 0 Å². The molecule has 0 aliphatic carbocycles. The fraction of sp³-hybridized carbons (Fsp3) is 0.200. The molecule has 0 spiro atoms. The Morgan fingerprint density at radius 1 is 1.29 bits per heavy atom. The molecule has 108 valence electrons. The number of halogens is 1. The van der Waals surface area contributed by atoms with Crippen LogP contribution in [-0.4, -0.2) is 29.3 Å². The Bertz CT molecular complexity index is 643. The molecule has 1 aromatic heterocycles. The summed E-state index contributed by atoms with van der Waals surface area (Å²) in [7, 11) is 0. The largest absolute Gasteiger partial charge is 0.490 e. The van der Waals surface area contributed by atoms with Crippen LogP contribution in [0.3, 0.4) is 0 Å². The van der Waals surface area contributed by atoms with Crippen molar-refractivity contribution in [3.8, 4) is 11.8 Å². The van der Waals surface area contributed by atoms with Crippen molar-refractivity contribution in [1.82, 2.24) is 4.98 Å². The van der Waals surface area contributed by atoms with Gasteiger partial charge in [-0.3, -0.25) is 0 Å². The van der Waals surface area contributed by atoms with Crippen LogP contribution in [0.25, 0.3) is 0 Å². The number of nitrogens with one attached hydrogen (secondary N) is 1. The van der Waals surface area contributed by atoms with E-state index in [9.17, 15) is 5.11 Å². The molecule has 0 saturated heterocycles. The zero-order valence-corrected chi connectivity index (χ0v) is 12.7. The number of aliphatic hydroxyl groups is 1. The lowest BCUT2D eigenvalue weighted by Crippen LogP contribution is -2.26. The first-order valence-corrected chi connectivity index (χ1v) is 7.15. The zero-order chi connectivity index (χ0) is 15.1. The summed E-state index contributed by atoms with van der Waals surface area (Å²) >= 11 is 3.38. The maximum absolute atomic E-state index is 9.89. The van der Waals surface area contributed by atoms with E-state index in [0.717, 1.165) is 4.47 Å². The summed E-state index contributed by atoms with van der Waals surface area (Å²) in [4.78, 5) is 4.06. The molecule has 0 bridgehead atoms. The number of nitriles is 1. The zero-order valence-electron chi connectivity index (χ0n) is 11.2. The number of nitrogens with zero attached hydrogens (tertiary/aromatic N) is 2. The van der Waals surface area contributed by atoms with Gasteiger partial charge in [0.15, 0.2) is 0 Å². The Kier molecular flexibility index (Phi) is 5.55. The second-order valence-electron chi connectivity index (χ2n) is 4.30. The van der Waals surface area contributed by atoms with Crippen LogP contribution in [-0.2, 0) is 0 Å². The van der Waals surface area contributed by atoms with Gasteiger partial charge in [-0.1, -0.05) is 18.2 Å². The van der Waals surface area contributed by atoms with E-state index >= 15 is 0 Å². The van der Waals surface area contributed by atoms with Crippen LogP contribution in [0.4, 0.5) is 5.82 Å². The molecule has 0 unspecified atom stereocenters. The van der Waals surface area contributed by atoms with Gasteiger partial charge in [-0.05, 0) is 40.2 Å². The molecule has 0 aliphatic heterocycles. The minimum Gasteiger partial charge on any atom is -0.490 e. The topological polar surface area (TPSA) is 78.2 Å². The third-order valence-corrected chi connectivity index (χ3v) is 3.31. The van der Waals surface area contributed by atoms with Crippen LogP contribution in [0, 0.1) is 11.3 Å². The summed E-state index contributed by atoms with van der Waals surface area (Å²) in [5.74, 6) is 1.23. The van der Waals surface area contributed by atoms with E-state index in [1.165, 1.54) is 0 Å². The van der Waals surface area contributed by atoms with Gasteiger partial charge < -0.3 is 15.2 Å². The molecule has 2 aromatic rings. The van der Waals surface area contributed by atoms with Crippen LogP contribution in [0.1, 0.15) is 5.69 Å². The number of hydrogen-bond donors (Lipinski definition) is 2. The fourth-order valence-electron chi connectivity index (χ4n) is 1.62. The smallest absolute Gasteiger partial charge is 0.142 e. The molecule has 6 heteroatoms. The van der Waals surface area contributed by atoms with Gasteiger partial charge in [0.2, 0.25) is 0 Å². The Morgan fingerprint density at radius 3 is 2.86 bits per heavy atom. The second kappa shape index (κ2) is 7.62. The van der Waals surface area contributed by atoms with Crippen LogP contribution < -0.4 is 10.1 Å². The van der Waals surface area contributed by atoms with E-state index in [1.807, 2.05) is 30.3 Å². The first kappa shape index (κ1) is 15.3. The molecular formula is C15H14BrN3O2. The first-order chi connectivity index (χ1) is 10.2. The minimum absolute atomic E-state index is 0.160. The predicted molar refractivity (Wildman–Crippen MR) is 83.1 cm³/mol. The number of para-hydroxylation sites is 1. The Labute approximate surface area is 131 Å². The summed E-state index contributed by atoms with van der Waals surface area (Å²) in [6.45, 7) is 0.444. The third-order valence-electron chi connectivity index (χ3n) is 2.65. The number of ether oxygens (including phenoxy) is 1. The maximum atomic E-state index is 9.89. The van der Waals surface area contributed by atoms with Crippen molar-refractivity contribution in [2.45, 2.75) is 6.10 Å². The van der Waals surface area contributed by atoms with Gasteiger partial charge >= 0.3 is 0 Å². The molecule has 5 nitrogen and oxygen atoms in total. The molecule has 0 radical (unpaired) electrons. The van der Waals surface area contributed by atoms with Crippen molar-refractivity contribution >= 4 is 21.7 Å². The molecule has 21 heavy (non-hydrogen) atoms. The predicted octanol–water partition coefficient (Wildman–Crippen LogP) is 2.57. The number of aromatic nitrogens is 1. The van der Waals surface area contributed by atoms with Crippen molar-refractivity contribution in [3.63, 3.8) is 0 Å². The standard InChI is InChI=1S/C15H14BrN3O2/c16-13-5-1-2-6-14(13)21-10-12(20)9-18-15-7-3-4-11(8-17)19-15/h1-7,12,20H,9-10H2,(H,18,19)/t12-/m1/s1. The summed E-state index contributed by atoms with van der Waals surface area (Å²) < 4.78 is 6.36. The third kappa shape index (κ3) is 4.74. The van der Waals surface area contributed by atoms with Crippen LogP contribution in [0.2, 0.25) is 0 Å². The normalized spacial score (nSPS) is 11.5. The van der Waals surface area contributed by atoms with Gasteiger partial charge in [-0.2, -0.15) is 5.26 Å².